The zero-order valence-corrected chi connectivity index (χ0v) is 9.17. The average molecular weight is 190 g/mol. The van der Waals surface area contributed by atoms with Crippen molar-refractivity contribution in [1.29, 1.82) is 0 Å². The van der Waals surface area contributed by atoms with E-state index in [0.717, 1.165) is 0 Å². The molecule has 0 nitrogen and oxygen atoms in total. The highest BCUT2D eigenvalue weighted by atomic mass is 14.0. The highest BCUT2D eigenvalue weighted by Crippen LogP contribution is 2.18. The van der Waals surface area contributed by atoms with Gasteiger partial charge < -0.3 is 0 Å². The molecular formula is C14H22. The van der Waals surface area contributed by atoms with Gasteiger partial charge in [0.1, 0.15) is 0 Å². The summed E-state index contributed by atoms with van der Waals surface area (Å²) in [6, 6.07) is 0. The van der Waals surface area contributed by atoms with Crippen LogP contribution in [0.3, 0.4) is 0 Å². The molecule has 14 heavy (non-hydrogen) atoms. The first kappa shape index (κ1) is 11.3. The summed E-state index contributed by atoms with van der Waals surface area (Å²) in [6.45, 7) is 3.75. The Kier molecular flexibility index (Phi) is 6.14. The predicted molar refractivity (Wildman–Crippen MR) is 64.4 cm³/mol. The molecule has 78 valence electrons. The SMILES string of the molecule is C=CCCCCC1=CCCC=CCC1. The van der Waals surface area contributed by atoms with Gasteiger partial charge >= 0.3 is 0 Å². The Hall–Kier alpha value is -0.780. The van der Waals surface area contributed by atoms with Crippen LogP contribution in [0.25, 0.3) is 0 Å². The van der Waals surface area contributed by atoms with Crippen LogP contribution in [-0.2, 0) is 0 Å². The third kappa shape index (κ3) is 5.06. The molecule has 1 aliphatic carbocycles. The molecule has 1 aliphatic rings. The molecule has 0 aromatic carbocycles. The monoisotopic (exact) mass is 190 g/mol. The topological polar surface area (TPSA) is 0 Å². The van der Waals surface area contributed by atoms with Gasteiger partial charge in [-0.3, -0.25) is 0 Å². The van der Waals surface area contributed by atoms with Crippen LogP contribution in [0.1, 0.15) is 51.4 Å². The molecule has 0 aromatic heterocycles. The van der Waals surface area contributed by atoms with E-state index < -0.39 is 0 Å². The van der Waals surface area contributed by atoms with Crippen LogP contribution >= 0.6 is 0 Å². The Morgan fingerprint density at radius 1 is 1.14 bits per heavy atom. The molecule has 0 heterocycles. The minimum absolute atomic E-state index is 1.17. The lowest BCUT2D eigenvalue weighted by Crippen LogP contribution is -1.87. The molecule has 0 radical (unpaired) electrons. The van der Waals surface area contributed by atoms with E-state index in [1.807, 2.05) is 6.08 Å². The molecule has 0 fully saturated rings. The summed E-state index contributed by atoms with van der Waals surface area (Å²) in [5.74, 6) is 0. The highest BCUT2D eigenvalue weighted by Gasteiger charge is 1.98. The second-order valence-corrected chi connectivity index (χ2v) is 3.98. The van der Waals surface area contributed by atoms with Crippen LogP contribution in [0.2, 0.25) is 0 Å². The molecular weight excluding hydrogens is 168 g/mol. The van der Waals surface area contributed by atoms with E-state index in [1.54, 1.807) is 5.57 Å². The van der Waals surface area contributed by atoms with Gasteiger partial charge in [0.05, 0.1) is 0 Å². The van der Waals surface area contributed by atoms with Crippen molar-refractivity contribution < 1.29 is 0 Å². The maximum Gasteiger partial charge on any atom is -0.0286 e. The van der Waals surface area contributed by atoms with Crippen molar-refractivity contribution in [2.24, 2.45) is 0 Å². The number of unbranched alkanes of at least 4 members (excludes halogenated alkanes) is 2. The number of rotatable bonds is 5. The zero-order chi connectivity index (χ0) is 10.1. The van der Waals surface area contributed by atoms with Gasteiger partial charge in [-0.2, -0.15) is 0 Å². The third-order valence-electron chi connectivity index (χ3n) is 2.72. The largest absolute Gasteiger partial charge is 0.103 e. The fourth-order valence-corrected chi connectivity index (χ4v) is 1.86. The first-order valence-corrected chi connectivity index (χ1v) is 5.87. The van der Waals surface area contributed by atoms with Crippen LogP contribution in [0.15, 0.2) is 36.5 Å². The van der Waals surface area contributed by atoms with Gasteiger partial charge in [0.2, 0.25) is 0 Å². The summed E-state index contributed by atoms with van der Waals surface area (Å²) in [7, 11) is 0. The Morgan fingerprint density at radius 2 is 2.00 bits per heavy atom. The zero-order valence-electron chi connectivity index (χ0n) is 9.17. The van der Waals surface area contributed by atoms with Gasteiger partial charge in [-0.25, -0.2) is 0 Å². The van der Waals surface area contributed by atoms with Crippen LogP contribution in [0.4, 0.5) is 0 Å². The van der Waals surface area contributed by atoms with Gasteiger partial charge in [-0.1, -0.05) is 29.9 Å². The lowest BCUT2D eigenvalue weighted by atomic mass is 9.99. The standard InChI is InChI=1S/C14H22/c1-2-3-4-8-11-14-12-9-6-5-7-10-13-14/h2,5-6,13H,1,3-4,7-12H2. The van der Waals surface area contributed by atoms with Crippen molar-refractivity contribution >= 4 is 0 Å². The predicted octanol–water partition coefficient (Wildman–Crippen LogP) is 4.79. The highest BCUT2D eigenvalue weighted by molar-refractivity contribution is 5.06. The molecule has 0 aromatic rings. The molecule has 0 atom stereocenters. The Morgan fingerprint density at radius 3 is 2.86 bits per heavy atom. The molecule has 0 saturated carbocycles. The van der Waals surface area contributed by atoms with Crippen molar-refractivity contribution in [1.82, 2.24) is 0 Å². The lowest BCUT2D eigenvalue weighted by molar-refractivity contribution is 0.713. The van der Waals surface area contributed by atoms with Crippen LogP contribution in [-0.4, -0.2) is 0 Å². The third-order valence-corrected chi connectivity index (χ3v) is 2.72. The summed E-state index contributed by atoms with van der Waals surface area (Å²) >= 11 is 0. The Bertz CT molecular complexity index is 208. The Labute approximate surface area is 88.4 Å². The fraction of sp³-hybridized carbons (Fsp3) is 0.571. The van der Waals surface area contributed by atoms with Crippen molar-refractivity contribution in [2.75, 3.05) is 0 Å². The molecule has 0 amide bonds. The molecule has 1 rings (SSSR count). The summed E-state index contributed by atoms with van der Waals surface area (Å²) in [5.41, 5.74) is 1.68. The van der Waals surface area contributed by atoms with E-state index in [2.05, 4.69) is 24.8 Å². The van der Waals surface area contributed by atoms with Crippen molar-refractivity contribution in [3.05, 3.63) is 36.5 Å². The maximum absolute atomic E-state index is 3.75. The quantitative estimate of drug-likeness (QED) is 0.432. The Balaban J connectivity index is 2.17. The van der Waals surface area contributed by atoms with E-state index in [1.165, 1.54) is 51.4 Å². The fourth-order valence-electron chi connectivity index (χ4n) is 1.86. The molecule has 0 aliphatic heterocycles. The first-order chi connectivity index (χ1) is 6.93. The second-order valence-electron chi connectivity index (χ2n) is 3.98. The van der Waals surface area contributed by atoms with Gasteiger partial charge in [0.15, 0.2) is 0 Å². The molecule has 0 bridgehead atoms. The van der Waals surface area contributed by atoms with Crippen molar-refractivity contribution in [3.63, 3.8) is 0 Å². The average Bonchev–Trinajstić information content (AvgIpc) is 2.15. The van der Waals surface area contributed by atoms with E-state index in [-0.39, 0.29) is 0 Å². The van der Waals surface area contributed by atoms with E-state index in [9.17, 15) is 0 Å². The normalized spacial score (nSPS) is 17.0. The van der Waals surface area contributed by atoms with Gasteiger partial charge in [-0.05, 0) is 51.4 Å². The molecule has 0 N–H and O–H groups in total. The van der Waals surface area contributed by atoms with Crippen molar-refractivity contribution in [2.45, 2.75) is 51.4 Å². The molecule has 0 unspecified atom stereocenters. The summed E-state index contributed by atoms with van der Waals surface area (Å²) in [4.78, 5) is 0. The second kappa shape index (κ2) is 7.61. The van der Waals surface area contributed by atoms with E-state index in [0.29, 0.717) is 0 Å². The van der Waals surface area contributed by atoms with Gasteiger partial charge in [0, 0.05) is 0 Å². The van der Waals surface area contributed by atoms with Crippen LogP contribution < -0.4 is 0 Å². The van der Waals surface area contributed by atoms with Gasteiger partial charge in [-0.15, -0.1) is 6.58 Å². The minimum Gasteiger partial charge on any atom is -0.103 e. The smallest absolute Gasteiger partial charge is 0.0286 e. The number of hydrogen-bond donors (Lipinski definition) is 0. The van der Waals surface area contributed by atoms with Crippen LogP contribution in [0, 0.1) is 0 Å². The maximum atomic E-state index is 3.75. The van der Waals surface area contributed by atoms with E-state index >= 15 is 0 Å². The first-order valence-electron chi connectivity index (χ1n) is 5.87. The number of allylic oxidation sites excluding steroid dienone is 5. The molecule has 0 spiro atoms. The summed E-state index contributed by atoms with van der Waals surface area (Å²) < 4.78 is 0. The summed E-state index contributed by atoms with van der Waals surface area (Å²) in [5, 5.41) is 0. The minimum atomic E-state index is 1.17. The molecule has 0 heteroatoms. The van der Waals surface area contributed by atoms with Gasteiger partial charge in [0.25, 0.3) is 0 Å². The molecule has 0 saturated heterocycles. The number of hydrogen-bond acceptors (Lipinski definition) is 0. The van der Waals surface area contributed by atoms with Crippen molar-refractivity contribution in [3.8, 4) is 0 Å². The lowest BCUT2D eigenvalue weighted by Gasteiger charge is -2.07. The van der Waals surface area contributed by atoms with E-state index in [4.69, 9.17) is 0 Å². The summed E-state index contributed by atoms with van der Waals surface area (Å²) in [6.07, 6.45) is 19.2. The van der Waals surface area contributed by atoms with Crippen LogP contribution in [0.5, 0.6) is 0 Å².